The number of benzene rings is 1. The van der Waals surface area contributed by atoms with Gasteiger partial charge in [0.2, 0.25) is 0 Å². The quantitative estimate of drug-likeness (QED) is 0.644. The number of H-pyrrole nitrogens is 1. The molecule has 0 spiro atoms. The topological polar surface area (TPSA) is 73.0 Å². The molecule has 3 rings (SSSR count). The van der Waals surface area contributed by atoms with Crippen molar-refractivity contribution in [3.63, 3.8) is 0 Å². The van der Waals surface area contributed by atoms with Crippen LogP contribution in [0, 0.1) is 0 Å². The Morgan fingerprint density at radius 3 is 2.70 bits per heavy atom. The lowest BCUT2D eigenvalue weighted by Gasteiger charge is -2.30. The summed E-state index contributed by atoms with van der Waals surface area (Å²) in [6.07, 6.45) is 1.81. The Morgan fingerprint density at radius 2 is 2.00 bits per heavy atom. The van der Waals surface area contributed by atoms with Crippen molar-refractivity contribution in [2.75, 3.05) is 26.2 Å². The van der Waals surface area contributed by atoms with Crippen molar-refractivity contribution >= 4 is 18.3 Å². The number of hydrogen-bond acceptors (Lipinski definition) is 4. The van der Waals surface area contributed by atoms with Gasteiger partial charge in [-0.2, -0.15) is 5.10 Å². The minimum atomic E-state index is -0.0867. The number of carbonyl (C=O) groups excluding carboxylic acids is 1. The highest BCUT2D eigenvalue weighted by Gasteiger charge is 2.23. The molecular weight excluding hydrogens is 362 g/mol. The van der Waals surface area contributed by atoms with Gasteiger partial charge in [-0.05, 0) is 25.1 Å². The molecule has 6 nitrogen and oxygen atoms in total. The largest absolute Gasteiger partial charge is 0.349 e. The number of amides is 1. The lowest BCUT2D eigenvalue weighted by molar-refractivity contribution is 0.0928. The standard InChI is InChI=1S/C20H29N5O.ClH/c1-3-25(4-2)16(12-15-8-6-5-7-9-15)13-22-20(26)19-17-14-21-11-10-18(17)23-24-19;/h5-9,16,21H,3-4,10-14H2,1-2H3,(H,22,26)(H,23,24);1H. The summed E-state index contributed by atoms with van der Waals surface area (Å²) in [6, 6.07) is 10.7. The van der Waals surface area contributed by atoms with Gasteiger partial charge in [-0.25, -0.2) is 0 Å². The van der Waals surface area contributed by atoms with Crippen molar-refractivity contribution < 1.29 is 4.79 Å². The van der Waals surface area contributed by atoms with E-state index in [2.05, 4.69) is 63.8 Å². The molecule has 1 aromatic carbocycles. The summed E-state index contributed by atoms with van der Waals surface area (Å²) in [5.41, 5.74) is 3.92. The summed E-state index contributed by atoms with van der Waals surface area (Å²) in [5, 5.41) is 13.7. The normalized spacial score (nSPS) is 14.3. The average Bonchev–Trinajstić information content (AvgIpc) is 3.11. The molecule has 1 aliphatic rings. The number of hydrogen-bond donors (Lipinski definition) is 3. The Balaban J connectivity index is 0.00000261. The zero-order valence-electron chi connectivity index (χ0n) is 16.1. The molecule has 0 fully saturated rings. The van der Waals surface area contributed by atoms with Crippen LogP contribution < -0.4 is 10.6 Å². The van der Waals surface area contributed by atoms with Crippen LogP contribution in [0.25, 0.3) is 0 Å². The molecule has 3 N–H and O–H groups in total. The van der Waals surface area contributed by atoms with E-state index in [1.165, 1.54) is 5.56 Å². The molecule has 2 aromatic rings. The number of aromatic nitrogens is 2. The first-order chi connectivity index (χ1) is 12.7. The summed E-state index contributed by atoms with van der Waals surface area (Å²) in [6.45, 7) is 8.51. The fraction of sp³-hybridized carbons (Fsp3) is 0.500. The lowest BCUT2D eigenvalue weighted by atomic mass is 10.0. The zero-order chi connectivity index (χ0) is 18.4. The van der Waals surface area contributed by atoms with Crippen LogP contribution in [0.4, 0.5) is 0 Å². The van der Waals surface area contributed by atoms with Gasteiger partial charge in [0.1, 0.15) is 0 Å². The van der Waals surface area contributed by atoms with Gasteiger partial charge in [-0.3, -0.25) is 14.8 Å². The summed E-state index contributed by atoms with van der Waals surface area (Å²) in [5.74, 6) is -0.0867. The van der Waals surface area contributed by atoms with E-state index >= 15 is 0 Å². The Hall–Kier alpha value is -1.89. The number of nitrogens with one attached hydrogen (secondary N) is 3. The van der Waals surface area contributed by atoms with Gasteiger partial charge in [-0.1, -0.05) is 44.2 Å². The minimum absolute atomic E-state index is 0. The molecule has 27 heavy (non-hydrogen) atoms. The van der Waals surface area contributed by atoms with Crippen LogP contribution in [0.2, 0.25) is 0 Å². The second-order valence-corrected chi connectivity index (χ2v) is 6.73. The number of likely N-dealkylation sites (N-methyl/N-ethyl adjacent to an activating group) is 1. The van der Waals surface area contributed by atoms with E-state index in [0.29, 0.717) is 18.8 Å². The van der Waals surface area contributed by atoms with Crippen molar-refractivity contribution in [3.05, 3.63) is 52.8 Å². The lowest BCUT2D eigenvalue weighted by Crippen LogP contribution is -2.45. The number of halogens is 1. The predicted octanol–water partition coefficient (Wildman–Crippen LogP) is 2.16. The second kappa shape index (κ2) is 10.4. The number of aromatic amines is 1. The van der Waals surface area contributed by atoms with Crippen molar-refractivity contribution in [2.45, 2.75) is 39.3 Å². The third-order valence-electron chi connectivity index (χ3n) is 5.16. The number of carbonyl (C=O) groups is 1. The number of nitrogens with zero attached hydrogens (tertiary/aromatic N) is 2. The zero-order valence-corrected chi connectivity index (χ0v) is 16.9. The van der Waals surface area contributed by atoms with Crippen LogP contribution in [0.5, 0.6) is 0 Å². The summed E-state index contributed by atoms with van der Waals surface area (Å²) in [7, 11) is 0. The molecule has 0 saturated carbocycles. The maximum absolute atomic E-state index is 12.7. The highest BCUT2D eigenvalue weighted by molar-refractivity contribution is 5.94. The van der Waals surface area contributed by atoms with E-state index in [9.17, 15) is 4.79 Å². The van der Waals surface area contributed by atoms with Crippen molar-refractivity contribution in [2.24, 2.45) is 0 Å². The van der Waals surface area contributed by atoms with Gasteiger partial charge in [0.15, 0.2) is 5.69 Å². The van der Waals surface area contributed by atoms with Crippen LogP contribution >= 0.6 is 12.4 Å². The van der Waals surface area contributed by atoms with Gasteiger partial charge >= 0.3 is 0 Å². The summed E-state index contributed by atoms with van der Waals surface area (Å²) >= 11 is 0. The minimum Gasteiger partial charge on any atom is -0.349 e. The van der Waals surface area contributed by atoms with E-state index in [4.69, 9.17) is 0 Å². The van der Waals surface area contributed by atoms with Crippen molar-refractivity contribution in [1.29, 1.82) is 0 Å². The van der Waals surface area contributed by atoms with Gasteiger partial charge in [0, 0.05) is 43.4 Å². The molecule has 1 atom stereocenters. The first-order valence-corrected chi connectivity index (χ1v) is 9.55. The molecule has 1 aliphatic heterocycles. The molecule has 0 saturated heterocycles. The van der Waals surface area contributed by atoms with Crippen LogP contribution in [-0.2, 0) is 19.4 Å². The van der Waals surface area contributed by atoms with Crippen molar-refractivity contribution in [1.82, 2.24) is 25.7 Å². The molecule has 148 valence electrons. The smallest absolute Gasteiger partial charge is 0.272 e. The molecule has 0 aliphatic carbocycles. The number of rotatable bonds is 8. The van der Waals surface area contributed by atoms with Crippen LogP contribution in [0.1, 0.15) is 41.2 Å². The maximum Gasteiger partial charge on any atom is 0.272 e. The fourth-order valence-corrected chi connectivity index (χ4v) is 3.66. The predicted molar refractivity (Wildman–Crippen MR) is 110 cm³/mol. The molecule has 0 bridgehead atoms. The molecule has 1 amide bonds. The Kier molecular flexibility index (Phi) is 8.28. The van der Waals surface area contributed by atoms with E-state index in [0.717, 1.165) is 43.7 Å². The Bertz CT molecular complexity index is 714. The fourth-order valence-electron chi connectivity index (χ4n) is 3.66. The van der Waals surface area contributed by atoms with Gasteiger partial charge in [0.25, 0.3) is 5.91 Å². The molecule has 1 aromatic heterocycles. The average molecular weight is 392 g/mol. The maximum atomic E-state index is 12.7. The molecule has 1 unspecified atom stereocenters. The van der Waals surface area contributed by atoms with E-state index in [1.807, 2.05) is 6.07 Å². The Morgan fingerprint density at radius 1 is 1.26 bits per heavy atom. The summed E-state index contributed by atoms with van der Waals surface area (Å²) in [4.78, 5) is 15.1. The van der Waals surface area contributed by atoms with E-state index in [1.54, 1.807) is 0 Å². The second-order valence-electron chi connectivity index (χ2n) is 6.73. The van der Waals surface area contributed by atoms with Gasteiger partial charge in [0.05, 0.1) is 0 Å². The van der Waals surface area contributed by atoms with Crippen molar-refractivity contribution in [3.8, 4) is 0 Å². The Labute approximate surface area is 167 Å². The van der Waals surface area contributed by atoms with Crippen LogP contribution in [-0.4, -0.2) is 53.2 Å². The molecular formula is C20H30ClN5O. The molecule has 7 heteroatoms. The van der Waals surface area contributed by atoms with E-state index in [-0.39, 0.29) is 24.4 Å². The van der Waals surface area contributed by atoms with Gasteiger partial charge < -0.3 is 10.6 Å². The SMILES string of the molecule is CCN(CC)C(CNC(=O)c1n[nH]c2c1CNCC2)Cc1ccccc1.Cl. The first-order valence-electron chi connectivity index (χ1n) is 9.55. The third kappa shape index (κ3) is 5.31. The monoisotopic (exact) mass is 391 g/mol. The van der Waals surface area contributed by atoms with Gasteiger partial charge in [-0.15, -0.1) is 12.4 Å². The van der Waals surface area contributed by atoms with E-state index < -0.39 is 0 Å². The van der Waals surface area contributed by atoms with Crippen LogP contribution in [0.3, 0.4) is 0 Å². The third-order valence-corrected chi connectivity index (χ3v) is 5.16. The first kappa shape index (κ1) is 21.4. The summed E-state index contributed by atoms with van der Waals surface area (Å²) < 4.78 is 0. The van der Waals surface area contributed by atoms with Crippen LogP contribution in [0.15, 0.2) is 30.3 Å². The number of fused-ring (bicyclic) bond motifs is 1. The molecule has 2 heterocycles. The highest BCUT2D eigenvalue weighted by atomic mass is 35.5. The molecule has 0 radical (unpaired) electrons. The highest BCUT2D eigenvalue weighted by Crippen LogP contribution is 2.15.